The van der Waals surface area contributed by atoms with Crippen LogP contribution < -0.4 is 4.74 Å². The molecule has 0 amide bonds. The van der Waals surface area contributed by atoms with E-state index in [2.05, 4.69) is 0 Å². The van der Waals surface area contributed by atoms with E-state index in [-0.39, 0.29) is 12.4 Å². The number of benzene rings is 1. The van der Waals surface area contributed by atoms with E-state index in [0.717, 1.165) is 11.1 Å². The largest absolute Gasteiger partial charge is 0.492 e. The second-order valence-corrected chi connectivity index (χ2v) is 6.20. The molecule has 90 valence electrons. The van der Waals surface area contributed by atoms with Gasteiger partial charge in [-0.2, -0.15) is 0 Å². The summed E-state index contributed by atoms with van der Waals surface area (Å²) in [6.07, 6.45) is 1.19. The fourth-order valence-corrected chi connectivity index (χ4v) is 1.92. The second-order valence-electron chi connectivity index (χ2n) is 3.68. The molecule has 5 heteroatoms. The van der Waals surface area contributed by atoms with Crippen molar-refractivity contribution in [3.05, 3.63) is 29.3 Å². The maximum atomic E-state index is 11.0. The lowest BCUT2D eigenvalue weighted by molar-refractivity contribution is 0.336. The van der Waals surface area contributed by atoms with Gasteiger partial charge in [0, 0.05) is 11.8 Å². The third-order valence-electron chi connectivity index (χ3n) is 2.14. The van der Waals surface area contributed by atoms with Gasteiger partial charge < -0.3 is 4.74 Å². The van der Waals surface area contributed by atoms with Gasteiger partial charge in [0.05, 0.1) is 11.6 Å². The van der Waals surface area contributed by atoms with Crippen molar-refractivity contribution in [2.45, 2.75) is 12.8 Å². The minimum atomic E-state index is -2.98. The van der Waals surface area contributed by atoms with Crippen LogP contribution in [-0.2, 0) is 15.7 Å². The summed E-state index contributed by atoms with van der Waals surface area (Å²) in [4.78, 5) is 0. The van der Waals surface area contributed by atoms with E-state index in [0.29, 0.717) is 11.6 Å². The summed E-state index contributed by atoms with van der Waals surface area (Å²) in [6, 6.07) is 5.68. The maximum absolute atomic E-state index is 11.0. The topological polar surface area (TPSA) is 43.4 Å². The van der Waals surface area contributed by atoms with Crippen LogP contribution in [0.5, 0.6) is 5.75 Å². The highest BCUT2D eigenvalue weighted by atomic mass is 35.5. The van der Waals surface area contributed by atoms with Crippen LogP contribution in [-0.4, -0.2) is 27.0 Å². The molecule has 0 saturated carbocycles. The number of para-hydroxylation sites is 1. The van der Waals surface area contributed by atoms with Crippen molar-refractivity contribution in [2.24, 2.45) is 0 Å². The first-order valence-corrected chi connectivity index (χ1v) is 7.48. The molecule has 0 fully saturated rings. The van der Waals surface area contributed by atoms with Crippen LogP contribution >= 0.6 is 11.6 Å². The van der Waals surface area contributed by atoms with Gasteiger partial charge in [0.1, 0.15) is 12.4 Å². The molecule has 1 rings (SSSR count). The zero-order valence-corrected chi connectivity index (χ0v) is 10.9. The summed E-state index contributed by atoms with van der Waals surface area (Å²) in [5, 5.41) is 0. The monoisotopic (exact) mass is 262 g/mol. The third kappa shape index (κ3) is 4.02. The number of aryl methyl sites for hydroxylation is 1. The van der Waals surface area contributed by atoms with Crippen LogP contribution in [0.25, 0.3) is 0 Å². The molecule has 0 aliphatic carbocycles. The molecular weight excluding hydrogens is 248 g/mol. The Balaban J connectivity index is 2.73. The first-order valence-electron chi connectivity index (χ1n) is 4.89. The van der Waals surface area contributed by atoms with Crippen molar-refractivity contribution in [1.82, 2.24) is 0 Å². The van der Waals surface area contributed by atoms with Crippen molar-refractivity contribution >= 4 is 21.4 Å². The Morgan fingerprint density at radius 3 is 2.62 bits per heavy atom. The highest BCUT2D eigenvalue weighted by molar-refractivity contribution is 7.90. The van der Waals surface area contributed by atoms with E-state index in [4.69, 9.17) is 16.3 Å². The number of halogens is 1. The van der Waals surface area contributed by atoms with Gasteiger partial charge in [-0.25, -0.2) is 8.42 Å². The summed E-state index contributed by atoms with van der Waals surface area (Å²) in [5.74, 6) is 1.07. The van der Waals surface area contributed by atoms with Gasteiger partial charge in [-0.1, -0.05) is 18.2 Å². The minimum Gasteiger partial charge on any atom is -0.492 e. The van der Waals surface area contributed by atoms with Crippen LogP contribution in [0.15, 0.2) is 18.2 Å². The summed E-state index contributed by atoms with van der Waals surface area (Å²) in [6.45, 7) is 2.07. The van der Waals surface area contributed by atoms with Crippen LogP contribution in [0, 0.1) is 6.92 Å². The Hall–Kier alpha value is -0.740. The van der Waals surface area contributed by atoms with Crippen molar-refractivity contribution in [3.63, 3.8) is 0 Å². The Labute approximate surface area is 101 Å². The van der Waals surface area contributed by atoms with Crippen molar-refractivity contribution in [1.29, 1.82) is 0 Å². The molecule has 0 bridgehead atoms. The number of hydrogen-bond acceptors (Lipinski definition) is 3. The zero-order valence-electron chi connectivity index (χ0n) is 9.36. The molecule has 16 heavy (non-hydrogen) atoms. The van der Waals surface area contributed by atoms with Gasteiger partial charge in [-0.3, -0.25) is 0 Å². The molecule has 0 heterocycles. The molecule has 0 unspecified atom stereocenters. The highest BCUT2D eigenvalue weighted by Gasteiger charge is 2.08. The Bertz CT molecular complexity index is 454. The van der Waals surface area contributed by atoms with Gasteiger partial charge in [-0.05, 0) is 12.5 Å². The van der Waals surface area contributed by atoms with Crippen molar-refractivity contribution < 1.29 is 13.2 Å². The fraction of sp³-hybridized carbons (Fsp3) is 0.455. The Morgan fingerprint density at radius 1 is 1.38 bits per heavy atom. The lowest BCUT2D eigenvalue weighted by Crippen LogP contribution is -2.13. The molecule has 0 atom stereocenters. The average molecular weight is 263 g/mol. The standard InChI is InChI=1S/C11H15ClO3S/c1-9-4-3-5-10(8-12)11(9)15-6-7-16(2,13)14/h3-5H,6-8H2,1-2H3. The van der Waals surface area contributed by atoms with Gasteiger partial charge >= 0.3 is 0 Å². The van der Waals surface area contributed by atoms with Gasteiger partial charge in [0.15, 0.2) is 9.84 Å². The number of alkyl halides is 1. The van der Waals surface area contributed by atoms with Gasteiger partial charge in [-0.15, -0.1) is 11.6 Å². The van der Waals surface area contributed by atoms with Crippen LogP contribution in [0.4, 0.5) is 0 Å². The number of rotatable bonds is 5. The Morgan fingerprint density at radius 2 is 2.06 bits per heavy atom. The van der Waals surface area contributed by atoms with Gasteiger partial charge in [0.25, 0.3) is 0 Å². The predicted molar refractivity (Wildman–Crippen MR) is 65.9 cm³/mol. The van der Waals surface area contributed by atoms with Crippen LogP contribution in [0.2, 0.25) is 0 Å². The summed E-state index contributed by atoms with van der Waals surface area (Å²) >= 11 is 5.77. The molecular formula is C11H15ClO3S. The molecule has 0 aromatic heterocycles. The van der Waals surface area contributed by atoms with Crippen molar-refractivity contribution in [2.75, 3.05) is 18.6 Å². The lowest BCUT2D eigenvalue weighted by atomic mass is 10.1. The van der Waals surface area contributed by atoms with E-state index >= 15 is 0 Å². The van der Waals surface area contributed by atoms with Crippen molar-refractivity contribution in [3.8, 4) is 5.75 Å². The molecule has 0 N–H and O–H groups in total. The molecule has 0 saturated heterocycles. The van der Waals surface area contributed by atoms with E-state index in [1.54, 1.807) is 0 Å². The second kappa shape index (κ2) is 5.55. The molecule has 1 aromatic carbocycles. The summed E-state index contributed by atoms with van der Waals surface area (Å²) in [5.41, 5.74) is 1.85. The predicted octanol–water partition coefficient (Wildman–Crippen LogP) is 2.16. The SMILES string of the molecule is Cc1cccc(CCl)c1OCCS(C)(=O)=O. The zero-order chi connectivity index (χ0) is 12.2. The average Bonchev–Trinajstić information content (AvgIpc) is 2.18. The first-order chi connectivity index (χ1) is 7.44. The number of hydrogen-bond donors (Lipinski definition) is 0. The quantitative estimate of drug-likeness (QED) is 0.764. The highest BCUT2D eigenvalue weighted by Crippen LogP contribution is 2.24. The molecule has 0 aliphatic rings. The fourth-order valence-electron chi connectivity index (χ4n) is 1.32. The molecule has 0 aliphatic heterocycles. The molecule has 1 aromatic rings. The normalized spacial score (nSPS) is 11.4. The van der Waals surface area contributed by atoms with E-state index in [9.17, 15) is 8.42 Å². The third-order valence-corrected chi connectivity index (χ3v) is 3.33. The summed E-state index contributed by atoms with van der Waals surface area (Å²) < 4.78 is 27.4. The maximum Gasteiger partial charge on any atom is 0.150 e. The molecule has 0 radical (unpaired) electrons. The summed E-state index contributed by atoms with van der Waals surface area (Å²) in [7, 11) is -2.98. The van der Waals surface area contributed by atoms with Crippen LogP contribution in [0.1, 0.15) is 11.1 Å². The lowest BCUT2D eigenvalue weighted by Gasteiger charge is -2.12. The smallest absolute Gasteiger partial charge is 0.150 e. The first kappa shape index (κ1) is 13.3. The van der Waals surface area contributed by atoms with E-state index in [1.165, 1.54) is 6.26 Å². The van der Waals surface area contributed by atoms with E-state index < -0.39 is 9.84 Å². The number of ether oxygens (including phenoxy) is 1. The van der Waals surface area contributed by atoms with Gasteiger partial charge in [0.2, 0.25) is 0 Å². The number of sulfone groups is 1. The minimum absolute atomic E-state index is 0.0169. The van der Waals surface area contributed by atoms with E-state index in [1.807, 2.05) is 25.1 Å². The van der Waals surface area contributed by atoms with Crippen LogP contribution in [0.3, 0.4) is 0 Å². The molecule has 0 spiro atoms. The molecule has 3 nitrogen and oxygen atoms in total. The Kier molecular flexibility index (Phi) is 4.62.